The summed E-state index contributed by atoms with van der Waals surface area (Å²) in [6.45, 7) is 5.27. The fourth-order valence-corrected chi connectivity index (χ4v) is 2.60. The summed E-state index contributed by atoms with van der Waals surface area (Å²) in [5, 5.41) is 3.11. The number of aliphatic imine (C=N–C) groups is 1. The van der Waals surface area contributed by atoms with Gasteiger partial charge in [-0.1, -0.05) is 12.1 Å². The third-order valence-corrected chi connectivity index (χ3v) is 4.35. The second kappa shape index (κ2) is 9.50. The molecule has 2 heterocycles. The SMILES string of the molecule is Cc1ccc(Oc2cc(CN=C(N)NCCc3ccccn3)ccn2)cc1C. The van der Waals surface area contributed by atoms with Gasteiger partial charge in [0.1, 0.15) is 5.75 Å². The van der Waals surface area contributed by atoms with Gasteiger partial charge in [0.2, 0.25) is 5.88 Å². The zero-order valence-electron chi connectivity index (χ0n) is 16.2. The van der Waals surface area contributed by atoms with Gasteiger partial charge < -0.3 is 15.8 Å². The second-order valence-electron chi connectivity index (χ2n) is 6.55. The lowest BCUT2D eigenvalue weighted by molar-refractivity contribution is 0.461. The third kappa shape index (κ3) is 5.81. The molecular weight excluding hydrogens is 350 g/mol. The van der Waals surface area contributed by atoms with Crippen LogP contribution in [0.4, 0.5) is 0 Å². The molecule has 0 fully saturated rings. The Morgan fingerprint density at radius 3 is 2.71 bits per heavy atom. The number of nitrogens with zero attached hydrogens (tertiary/aromatic N) is 3. The van der Waals surface area contributed by atoms with Crippen LogP contribution in [-0.4, -0.2) is 22.5 Å². The topological polar surface area (TPSA) is 85.4 Å². The molecule has 6 heteroatoms. The predicted molar refractivity (Wildman–Crippen MR) is 111 cm³/mol. The van der Waals surface area contributed by atoms with E-state index in [1.165, 1.54) is 11.1 Å². The largest absolute Gasteiger partial charge is 0.439 e. The molecule has 1 aromatic carbocycles. The van der Waals surface area contributed by atoms with E-state index in [0.717, 1.165) is 23.4 Å². The zero-order valence-corrected chi connectivity index (χ0v) is 16.2. The smallest absolute Gasteiger partial charge is 0.219 e. The summed E-state index contributed by atoms with van der Waals surface area (Å²) < 4.78 is 5.86. The summed E-state index contributed by atoms with van der Waals surface area (Å²) in [6.07, 6.45) is 4.29. The number of nitrogens with two attached hydrogens (primary N) is 1. The minimum atomic E-state index is 0.407. The van der Waals surface area contributed by atoms with Crippen molar-refractivity contribution in [1.82, 2.24) is 15.3 Å². The summed E-state index contributed by atoms with van der Waals surface area (Å²) in [5.41, 5.74) is 10.4. The van der Waals surface area contributed by atoms with Gasteiger partial charge in [-0.15, -0.1) is 0 Å². The molecule has 3 N–H and O–H groups in total. The Labute approximate surface area is 165 Å². The Kier molecular flexibility index (Phi) is 6.57. The van der Waals surface area contributed by atoms with Gasteiger partial charge in [-0.3, -0.25) is 4.98 Å². The van der Waals surface area contributed by atoms with Gasteiger partial charge in [0.05, 0.1) is 6.54 Å². The predicted octanol–water partition coefficient (Wildman–Crippen LogP) is 3.53. The van der Waals surface area contributed by atoms with E-state index in [-0.39, 0.29) is 0 Å². The number of ether oxygens (including phenoxy) is 1. The molecular formula is C22H25N5O. The number of hydrogen-bond donors (Lipinski definition) is 2. The van der Waals surface area contributed by atoms with Crippen molar-refractivity contribution in [2.75, 3.05) is 6.54 Å². The number of rotatable bonds is 7. The average molecular weight is 375 g/mol. The lowest BCUT2D eigenvalue weighted by Gasteiger charge is -2.08. The van der Waals surface area contributed by atoms with E-state index in [1.807, 2.05) is 48.5 Å². The molecule has 0 spiro atoms. The normalized spacial score (nSPS) is 11.3. The fourth-order valence-electron chi connectivity index (χ4n) is 2.60. The Morgan fingerprint density at radius 1 is 1.04 bits per heavy atom. The van der Waals surface area contributed by atoms with Crippen LogP contribution in [0.3, 0.4) is 0 Å². The molecule has 0 aliphatic carbocycles. The molecule has 0 amide bonds. The van der Waals surface area contributed by atoms with Crippen LogP contribution >= 0.6 is 0 Å². The zero-order chi connectivity index (χ0) is 19.8. The Balaban J connectivity index is 1.53. The van der Waals surface area contributed by atoms with E-state index in [2.05, 4.69) is 34.1 Å². The minimum Gasteiger partial charge on any atom is -0.439 e. The van der Waals surface area contributed by atoms with Crippen LogP contribution in [0.2, 0.25) is 0 Å². The second-order valence-corrected chi connectivity index (χ2v) is 6.55. The lowest BCUT2D eigenvalue weighted by Crippen LogP contribution is -2.33. The molecule has 0 atom stereocenters. The molecule has 28 heavy (non-hydrogen) atoms. The van der Waals surface area contributed by atoms with Crippen molar-refractivity contribution < 1.29 is 4.74 Å². The maximum Gasteiger partial charge on any atom is 0.219 e. The standard InChI is InChI=1S/C22H25N5O/c1-16-6-7-20(13-17(16)2)28-21-14-18(8-11-25-21)15-27-22(23)26-12-9-19-5-3-4-10-24-19/h3-8,10-11,13-14H,9,12,15H2,1-2H3,(H3,23,26,27). The van der Waals surface area contributed by atoms with Crippen LogP contribution in [-0.2, 0) is 13.0 Å². The van der Waals surface area contributed by atoms with Crippen molar-refractivity contribution in [3.05, 3.63) is 83.3 Å². The summed E-state index contributed by atoms with van der Waals surface area (Å²) in [5.74, 6) is 1.72. The van der Waals surface area contributed by atoms with Crippen LogP contribution in [0.1, 0.15) is 22.4 Å². The Morgan fingerprint density at radius 2 is 1.93 bits per heavy atom. The molecule has 0 bridgehead atoms. The first kappa shape index (κ1) is 19.4. The van der Waals surface area contributed by atoms with Crippen molar-refractivity contribution in [2.24, 2.45) is 10.7 Å². The molecule has 6 nitrogen and oxygen atoms in total. The van der Waals surface area contributed by atoms with Crippen molar-refractivity contribution in [1.29, 1.82) is 0 Å². The van der Waals surface area contributed by atoms with Gasteiger partial charge in [0.25, 0.3) is 0 Å². The summed E-state index contributed by atoms with van der Waals surface area (Å²) in [6, 6.07) is 15.6. The van der Waals surface area contributed by atoms with E-state index in [0.29, 0.717) is 24.9 Å². The first-order chi connectivity index (χ1) is 13.6. The molecule has 0 saturated heterocycles. The highest BCUT2D eigenvalue weighted by molar-refractivity contribution is 5.77. The highest BCUT2D eigenvalue weighted by Gasteiger charge is 2.03. The van der Waals surface area contributed by atoms with E-state index < -0.39 is 0 Å². The number of pyridine rings is 2. The number of nitrogens with one attached hydrogen (secondary N) is 1. The first-order valence-corrected chi connectivity index (χ1v) is 9.24. The third-order valence-electron chi connectivity index (χ3n) is 4.35. The molecule has 0 aliphatic heterocycles. The van der Waals surface area contributed by atoms with Crippen LogP contribution in [0.25, 0.3) is 0 Å². The van der Waals surface area contributed by atoms with Crippen LogP contribution in [0.5, 0.6) is 11.6 Å². The van der Waals surface area contributed by atoms with Crippen molar-refractivity contribution in [3.63, 3.8) is 0 Å². The van der Waals surface area contributed by atoms with Crippen LogP contribution in [0.15, 0.2) is 65.9 Å². The summed E-state index contributed by atoms with van der Waals surface area (Å²) in [4.78, 5) is 12.9. The van der Waals surface area contributed by atoms with Gasteiger partial charge in [-0.2, -0.15) is 0 Å². The first-order valence-electron chi connectivity index (χ1n) is 9.24. The van der Waals surface area contributed by atoms with Gasteiger partial charge in [0.15, 0.2) is 5.96 Å². The Hall–Kier alpha value is -3.41. The molecule has 3 aromatic rings. The molecule has 0 unspecified atom stereocenters. The molecule has 3 rings (SSSR count). The number of hydrogen-bond acceptors (Lipinski definition) is 4. The quantitative estimate of drug-likeness (QED) is 0.487. The molecule has 144 valence electrons. The number of aromatic nitrogens is 2. The molecule has 0 aliphatic rings. The number of benzene rings is 1. The highest BCUT2D eigenvalue weighted by Crippen LogP contribution is 2.22. The Bertz CT molecular complexity index is 941. The monoisotopic (exact) mass is 375 g/mol. The summed E-state index contributed by atoms with van der Waals surface area (Å²) in [7, 11) is 0. The van der Waals surface area contributed by atoms with E-state index in [4.69, 9.17) is 10.5 Å². The number of aryl methyl sites for hydroxylation is 2. The van der Waals surface area contributed by atoms with Gasteiger partial charge in [-0.25, -0.2) is 9.98 Å². The van der Waals surface area contributed by atoms with E-state index >= 15 is 0 Å². The van der Waals surface area contributed by atoms with Gasteiger partial charge >= 0.3 is 0 Å². The molecule has 0 saturated carbocycles. The van der Waals surface area contributed by atoms with Gasteiger partial charge in [0, 0.05) is 37.1 Å². The van der Waals surface area contributed by atoms with Crippen LogP contribution < -0.4 is 15.8 Å². The van der Waals surface area contributed by atoms with E-state index in [1.54, 1.807) is 12.4 Å². The highest BCUT2D eigenvalue weighted by atomic mass is 16.5. The number of guanidine groups is 1. The lowest BCUT2D eigenvalue weighted by atomic mass is 10.1. The van der Waals surface area contributed by atoms with Crippen molar-refractivity contribution in [2.45, 2.75) is 26.8 Å². The van der Waals surface area contributed by atoms with Crippen LogP contribution in [0, 0.1) is 13.8 Å². The van der Waals surface area contributed by atoms with Gasteiger partial charge in [-0.05, 0) is 60.9 Å². The summed E-state index contributed by atoms with van der Waals surface area (Å²) >= 11 is 0. The maximum absolute atomic E-state index is 5.95. The molecule has 0 radical (unpaired) electrons. The van der Waals surface area contributed by atoms with Crippen molar-refractivity contribution >= 4 is 5.96 Å². The van der Waals surface area contributed by atoms with Crippen molar-refractivity contribution in [3.8, 4) is 11.6 Å². The fraction of sp³-hybridized carbons (Fsp3) is 0.227. The molecule has 2 aromatic heterocycles. The maximum atomic E-state index is 5.95. The van der Waals surface area contributed by atoms with E-state index in [9.17, 15) is 0 Å². The minimum absolute atomic E-state index is 0.407. The average Bonchev–Trinajstić information content (AvgIpc) is 2.70.